The van der Waals surface area contributed by atoms with Gasteiger partial charge in [-0.1, -0.05) is 12.8 Å². The Morgan fingerprint density at radius 1 is 1.33 bits per heavy atom. The molecule has 0 atom stereocenters. The highest BCUT2D eigenvalue weighted by molar-refractivity contribution is 6.18. The average molecular weight is 321 g/mol. The molecule has 116 valence electrons. The van der Waals surface area contributed by atoms with Gasteiger partial charge in [-0.25, -0.2) is 0 Å². The molecule has 1 aliphatic carbocycles. The normalized spacial score (nSPS) is 16.2. The number of pyridine rings is 1. The summed E-state index contributed by atoms with van der Waals surface area (Å²) in [4.78, 5) is 17.7. The molecule has 0 radical (unpaired) electrons. The summed E-state index contributed by atoms with van der Waals surface area (Å²) in [6, 6.07) is 2.12. The predicted molar refractivity (Wildman–Crippen MR) is 73.3 cm³/mol. The molecule has 0 saturated heterocycles. The third kappa shape index (κ3) is 3.87. The van der Waals surface area contributed by atoms with Crippen LogP contribution in [-0.2, 0) is 6.18 Å². The van der Waals surface area contributed by atoms with Gasteiger partial charge in [0.1, 0.15) is 5.69 Å². The molecule has 2 rings (SSSR count). The van der Waals surface area contributed by atoms with Crippen molar-refractivity contribution >= 4 is 17.5 Å². The number of halogens is 4. The van der Waals surface area contributed by atoms with Crippen LogP contribution in [0.5, 0.6) is 0 Å². The first-order chi connectivity index (χ1) is 9.93. The molecule has 0 aromatic carbocycles. The zero-order chi connectivity index (χ0) is 15.5. The first-order valence-corrected chi connectivity index (χ1v) is 7.37. The van der Waals surface area contributed by atoms with Crippen molar-refractivity contribution in [3.63, 3.8) is 0 Å². The van der Waals surface area contributed by atoms with Gasteiger partial charge in [-0.15, -0.1) is 11.6 Å². The van der Waals surface area contributed by atoms with Crippen LogP contribution in [0.4, 0.5) is 13.2 Å². The monoisotopic (exact) mass is 320 g/mol. The Bertz CT molecular complexity index is 484. The maximum Gasteiger partial charge on any atom is 0.417 e. The lowest BCUT2D eigenvalue weighted by molar-refractivity contribution is -0.137. The smallest absolute Gasteiger partial charge is 0.333 e. The molecule has 7 heteroatoms. The van der Waals surface area contributed by atoms with Crippen molar-refractivity contribution in [3.05, 3.63) is 29.6 Å². The Kier molecular flexibility index (Phi) is 5.08. The van der Waals surface area contributed by atoms with Gasteiger partial charge in [-0.3, -0.25) is 9.78 Å². The highest BCUT2D eigenvalue weighted by Crippen LogP contribution is 2.29. The van der Waals surface area contributed by atoms with Crippen LogP contribution >= 0.6 is 11.6 Å². The lowest BCUT2D eigenvalue weighted by Crippen LogP contribution is -2.40. The Balaban J connectivity index is 2.16. The van der Waals surface area contributed by atoms with E-state index in [1.54, 1.807) is 4.90 Å². The number of amides is 1. The van der Waals surface area contributed by atoms with Crippen molar-refractivity contribution in [2.75, 3.05) is 12.4 Å². The topological polar surface area (TPSA) is 33.2 Å². The van der Waals surface area contributed by atoms with Gasteiger partial charge in [0.15, 0.2) is 0 Å². The molecule has 1 aromatic rings. The molecular weight excluding hydrogens is 305 g/mol. The van der Waals surface area contributed by atoms with Crippen LogP contribution in [0.25, 0.3) is 0 Å². The highest BCUT2D eigenvalue weighted by atomic mass is 35.5. The minimum absolute atomic E-state index is 0.0278. The van der Waals surface area contributed by atoms with E-state index in [1.807, 2.05) is 0 Å². The molecule has 1 amide bonds. The number of hydrogen-bond donors (Lipinski definition) is 0. The van der Waals surface area contributed by atoms with Crippen LogP contribution in [0.15, 0.2) is 18.3 Å². The minimum atomic E-state index is -4.45. The van der Waals surface area contributed by atoms with Crippen molar-refractivity contribution < 1.29 is 18.0 Å². The fourth-order valence-corrected chi connectivity index (χ4v) is 2.77. The lowest BCUT2D eigenvalue weighted by Gasteiger charge is -2.28. The van der Waals surface area contributed by atoms with Crippen molar-refractivity contribution in [1.29, 1.82) is 0 Å². The van der Waals surface area contributed by atoms with Crippen LogP contribution in [0.2, 0.25) is 0 Å². The Morgan fingerprint density at radius 2 is 2.00 bits per heavy atom. The number of aromatic nitrogens is 1. The van der Waals surface area contributed by atoms with E-state index in [0.717, 1.165) is 37.8 Å². The average Bonchev–Trinajstić information content (AvgIpc) is 2.97. The van der Waals surface area contributed by atoms with Crippen LogP contribution in [0.3, 0.4) is 0 Å². The zero-order valence-corrected chi connectivity index (χ0v) is 12.1. The Hall–Kier alpha value is -1.30. The second-order valence-electron chi connectivity index (χ2n) is 5.06. The number of carbonyl (C=O) groups excluding carboxylic acids is 1. The lowest BCUT2D eigenvalue weighted by atomic mass is 10.1. The molecule has 3 nitrogen and oxygen atoms in total. The fourth-order valence-electron chi connectivity index (χ4n) is 2.59. The number of rotatable bonds is 4. The van der Waals surface area contributed by atoms with Gasteiger partial charge in [-0.2, -0.15) is 13.2 Å². The van der Waals surface area contributed by atoms with Crippen LogP contribution in [-0.4, -0.2) is 34.3 Å². The van der Waals surface area contributed by atoms with Crippen LogP contribution in [0, 0.1) is 0 Å². The molecule has 0 aliphatic heterocycles. The van der Waals surface area contributed by atoms with Crippen molar-refractivity contribution in [2.45, 2.75) is 37.9 Å². The molecule has 1 saturated carbocycles. The van der Waals surface area contributed by atoms with Gasteiger partial charge >= 0.3 is 6.18 Å². The molecule has 0 N–H and O–H groups in total. The molecule has 0 spiro atoms. The maximum atomic E-state index is 12.5. The largest absolute Gasteiger partial charge is 0.417 e. The summed E-state index contributed by atoms with van der Waals surface area (Å²) < 4.78 is 37.5. The van der Waals surface area contributed by atoms with Gasteiger partial charge in [0.05, 0.1) is 5.56 Å². The summed E-state index contributed by atoms with van der Waals surface area (Å²) in [5.74, 6) is -0.0562. The number of carbonyl (C=O) groups is 1. The van der Waals surface area contributed by atoms with Crippen LogP contribution in [0.1, 0.15) is 41.7 Å². The van der Waals surface area contributed by atoms with E-state index in [9.17, 15) is 18.0 Å². The first kappa shape index (κ1) is 16.1. The molecule has 21 heavy (non-hydrogen) atoms. The van der Waals surface area contributed by atoms with E-state index in [-0.39, 0.29) is 17.6 Å². The maximum absolute atomic E-state index is 12.5. The predicted octanol–water partition coefficient (Wildman–Crippen LogP) is 3.72. The highest BCUT2D eigenvalue weighted by Gasteiger charge is 2.32. The fraction of sp³-hybridized carbons (Fsp3) is 0.571. The second-order valence-corrected chi connectivity index (χ2v) is 5.43. The number of alkyl halides is 4. The summed E-state index contributed by atoms with van der Waals surface area (Å²) in [7, 11) is 0. The third-order valence-electron chi connectivity index (χ3n) is 3.66. The van der Waals surface area contributed by atoms with Gasteiger partial charge in [0.25, 0.3) is 5.91 Å². The van der Waals surface area contributed by atoms with Crippen molar-refractivity contribution in [3.8, 4) is 0 Å². The second kappa shape index (κ2) is 6.64. The minimum Gasteiger partial charge on any atom is -0.333 e. The molecule has 1 fully saturated rings. The van der Waals surface area contributed by atoms with Gasteiger partial charge < -0.3 is 4.90 Å². The zero-order valence-electron chi connectivity index (χ0n) is 11.4. The van der Waals surface area contributed by atoms with E-state index < -0.39 is 11.7 Å². The van der Waals surface area contributed by atoms with E-state index in [4.69, 9.17) is 11.6 Å². The summed E-state index contributed by atoms with van der Waals surface area (Å²) in [5, 5.41) is 0. The van der Waals surface area contributed by atoms with Gasteiger partial charge in [0, 0.05) is 24.7 Å². The Morgan fingerprint density at radius 3 is 2.48 bits per heavy atom. The molecule has 1 aliphatic rings. The SMILES string of the molecule is O=C(c1ccc(C(F)(F)F)cn1)N(CCCl)C1CCCC1. The van der Waals surface area contributed by atoms with E-state index >= 15 is 0 Å². The summed E-state index contributed by atoms with van der Waals surface area (Å²) in [5.41, 5.74) is -0.830. The number of hydrogen-bond acceptors (Lipinski definition) is 2. The van der Waals surface area contributed by atoms with Gasteiger partial charge in [0.2, 0.25) is 0 Å². The standard InChI is InChI=1S/C14H16ClF3N2O/c15-7-8-20(11-3-1-2-4-11)13(21)12-6-5-10(9-19-12)14(16,17)18/h5-6,9,11H,1-4,7-8H2. The molecular formula is C14H16ClF3N2O. The Labute approximate surface area is 126 Å². The van der Waals surface area contributed by atoms with E-state index in [1.165, 1.54) is 0 Å². The van der Waals surface area contributed by atoms with Gasteiger partial charge in [-0.05, 0) is 25.0 Å². The van der Waals surface area contributed by atoms with Crippen molar-refractivity contribution in [2.24, 2.45) is 0 Å². The van der Waals surface area contributed by atoms with Crippen LogP contribution < -0.4 is 0 Å². The van der Waals surface area contributed by atoms with E-state index in [2.05, 4.69) is 4.98 Å². The molecule has 1 aromatic heterocycles. The summed E-state index contributed by atoms with van der Waals surface area (Å²) in [6.45, 7) is 0.383. The molecule has 0 bridgehead atoms. The quantitative estimate of drug-likeness (QED) is 0.792. The van der Waals surface area contributed by atoms with E-state index in [0.29, 0.717) is 18.6 Å². The van der Waals surface area contributed by atoms with Crippen molar-refractivity contribution in [1.82, 2.24) is 9.88 Å². The first-order valence-electron chi connectivity index (χ1n) is 6.83. The summed E-state index contributed by atoms with van der Waals surface area (Å²) >= 11 is 5.73. The third-order valence-corrected chi connectivity index (χ3v) is 3.83. The number of nitrogens with zero attached hydrogens (tertiary/aromatic N) is 2. The summed E-state index contributed by atoms with van der Waals surface area (Å²) in [6.07, 6.45) is 0.164. The molecule has 1 heterocycles. The molecule has 0 unspecified atom stereocenters.